The first-order valence-electron chi connectivity index (χ1n) is 4.15. The zero-order chi connectivity index (χ0) is 10.8. The molecule has 2 aromatic rings. The summed E-state index contributed by atoms with van der Waals surface area (Å²) in [5.41, 5.74) is 11.0. The third-order valence-corrected chi connectivity index (χ3v) is 1.77. The third kappa shape index (κ3) is 1.78. The number of furan rings is 1. The number of carbonyl (C=O) groups excluding carboxylic acids is 1. The van der Waals surface area contributed by atoms with Crippen molar-refractivity contribution in [2.45, 2.75) is 0 Å². The molecule has 4 N–H and O–H groups in total. The molecule has 0 aliphatic carbocycles. The van der Waals surface area contributed by atoms with E-state index < -0.39 is 5.91 Å². The summed E-state index contributed by atoms with van der Waals surface area (Å²) >= 11 is 0. The van der Waals surface area contributed by atoms with Gasteiger partial charge in [0.1, 0.15) is 11.4 Å². The van der Waals surface area contributed by atoms with E-state index in [2.05, 4.69) is 9.97 Å². The Bertz CT molecular complexity index is 493. The van der Waals surface area contributed by atoms with E-state index in [1.165, 1.54) is 12.3 Å². The van der Waals surface area contributed by atoms with Crippen LogP contribution in [0.1, 0.15) is 10.5 Å². The van der Waals surface area contributed by atoms with Crippen molar-refractivity contribution in [2.24, 2.45) is 5.73 Å². The van der Waals surface area contributed by atoms with Crippen LogP contribution in [0.2, 0.25) is 0 Å². The zero-order valence-corrected chi connectivity index (χ0v) is 7.68. The predicted molar refractivity (Wildman–Crippen MR) is 52.7 cm³/mol. The highest BCUT2D eigenvalue weighted by Crippen LogP contribution is 2.18. The molecule has 0 radical (unpaired) electrons. The van der Waals surface area contributed by atoms with Crippen LogP contribution in [0.3, 0.4) is 0 Å². The molecular weight excluding hydrogens is 196 g/mol. The number of anilines is 1. The SMILES string of the molecule is NC(=O)c1cc(-c2ccco2)nc(N)n1. The Morgan fingerprint density at radius 1 is 1.40 bits per heavy atom. The first-order chi connectivity index (χ1) is 7.16. The van der Waals surface area contributed by atoms with E-state index >= 15 is 0 Å². The van der Waals surface area contributed by atoms with Crippen LogP contribution in [0, 0.1) is 0 Å². The van der Waals surface area contributed by atoms with Gasteiger partial charge in [0.05, 0.1) is 6.26 Å². The Labute approximate surface area is 84.9 Å². The second-order valence-electron chi connectivity index (χ2n) is 2.84. The summed E-state index contributed by atoms with van der Waals surface area (Å²) in [6.07, 6.45) is 1.50. The molecule has 0 aliphatic rings. The molecular formula is C9H8N4O2. The quantitative estimate of drug-likeness (QED) is 0.736. The van der Waals surface area contributed by atoms with Gasteiger partial charge in [-0.3, -0.25) is 4.79 Å². The summed E-state index contributed by atoms with van der Waals surface area (Å²) in [4.78, 5) is 18.5. The number of nitrogens with two attached hydrogens (primary N) is 2. The van der Waals surface area contributed by atoms with Gasteiger partial charge in [-0.1, -0.05) is 0 Å². The molecule has 76 valence electrons. The van der Waals surface area contributed by atoms with Crippen LogP contribution >= 0.6 is 0 Å². The Balaban J connectivity index is 2.54. The fraction of sp³-hybridized carbons (Fsp3) is 0. The summed E-state index contributed by atoms with van der Waals surface area (Å²) in [6, 6.07) is 4.83. The minimum Gasteiger partial charge on any atom is -0.463 e. The van der Waals surface area contributed by atoms with Crippen LogP contribution in [0.5, 0.6) is 0 Å². The Morgan fingerprint density at radius 2 is 2.20 bits per heavy atom. The number of aromatic nitrogens is 2. The average Bonchev–Trinajstić information content (AvgIpc) is 2.69. The average molecular weight is 204 g/mol. The highest BCUT2D eigenvalue weighted by atomic mass is 16.3. The molecule has 6 nitrogen and oxygen atoms in total. The molecule has 0 saturated carbocycles. The van der Waals surface area contributed by atoms with Crippen LogP contribution in [0.4, 0.5) is 5.95 Å². The predicted octanol–water partition coefficient (Wildman–Crippen LogP) is 0.418. The van der Waals surface area contributed by atoms with Gasteiger partial charge in [0.15, 0.2) is 5.76 Å². The van der Waals surface area contributed by atoms with E-state index in [1.54, 1.807) is 12.1 Å². The fourth-order valence-electron chi connectivity index (χ4n) is 1.14. The van der Waals surface area contributed by atoms with Crippen LogP contribution < -0.4 is 11.5 Å². The van der Waals surface area contributed by atoms with Crippen LogP contribution in [0.15, 0.2) is 28.9 Å². The molecule has 2 heterocycles. The van der Waals surface area contributed by atoms with E-state index in [1.807, 2.05) is 0 Å². The highest BCUT2D eigenvalue weighted by molar-refractivity contribution is 5.91. The Morgan fingerprint density at radius 3 is 2.80 bits per heavy atom. The number of carbonyl (C=O) groups is 1. The van der Waals surface area contributed by atoms with Gasteiger partial charge in [0.2, 0.25) is 5.95 Å². The molecule has 0 saturated heterocycles. The molecule has 0 unspecified atom stereocenters. The Hall–Kier alpha value is -2.37. The van der Waals surface area contributed by atoms with Gasteiger partial charge >= 0.3 is 0 Å². The molecule has 0 spiro atoms. The van der Waals surface area contributed by atoms with Gasteiger partial charge in [-0.2, -0.15) is 0 Å². The molecule has 0 atom stereocenters. The van der Waals surface area contributed by atoms with E-state index in [-0.39, 0.29) is 11.6 Å². The van der Waals surface area contributed by atoms with Gasteiger partial charge in [-0.15, -0.1) is 0 Å². The van der Waals surface area contributed by atoms with Gasteiger partial charge in [-0.05, 0) is 18.2 Å². The second-order valence-corrected chi connectivity index (χ2v) is 2.84. The number of rotatable bonds is 2. The summed E-state index contributed by atoms with van der Waals surface area (Å²) in [5.74, 6) is -0.166. The van der Waals surface area contributed by atoms with Gasteiger partial charge < -0.3 is 15.9 Å². The van der Waals surface area contributed by atoms with E-state index in [0.717, 1.165) is 0 Å². The molecule has 0 fully saturated rings. The lowest BCUT2D eigenvalue weighted by Crippen LogP contribution is -2.14. The lowest BCUT2D eigenvalue weighted by molar-refractivity contribution is 0.0995. The van der Waals surface area contributed by atoms with Crippen molar-refractivity contribution < 1.29 is 9.21 Å². The molecule has 2 aromatic heterocycles. The van der Waals surface area contributed by atoms with E-state index in [4.69, 9.17) is 15.9 Å². The second kappa shape index (κ2) is 3.41. The zero-order valence-electron chi connectivity index (χ0n) is 7.68. The Kier molecular flexibility index (Phi) is 2.09. The number of amides is 1. The van der Waals surface area contributed by atoms with Crippen LogP contribution in [-0.2, 0) is 0 Å². The van der Waals surface area contributed by atoms with Crippen molar-refractivity contribution in [3.05, 3.63) is 30.2 Å². The van der Waals surface area contributed by atoms with Gasteiger partial charge in [0, 0.05) is 0 Å². The number of hydrogen-bond acceptors (Lipinski definition) is 5. The molecule has 6 heteroatoms. The fourth-order valence-corrected chi connectivity index (χ4v) is 1.14. The maximum atomic E-state index is 10.9. The van der Waals surface area contributed by atoms with Gasteiger partial charge in [-0.25, -0.2) is 9.97 Å². The maximum absolute atomic E-state index is 10.9. The first kappa shape index (κ1) is 9.20. The molecule has 0 bridgehead atoms. The van der Waals surface area contributed by atoms with Crippen molar-refractivity contribution in [3.63, 3.8) is 0 Å². The van der Waals surface area contributed by atoms with Crippen LogP contribution in [-0.4, -0.2) is 15.9 Å². The van der Waals surface area contributed by atoms with Crippen molar-refractivity contribution in [1.82, 2.24) is 9.97 Å². The summed E-state index contributed by atoms with van der Waals surface area (Å²) in [6.45, 7) is 0. The topological polar surface area (TPSA) is 108 Å². The van der Waals surface area contributed by atoms with Crippen LogP contribution in [0.25, 0.3) is 11.5 Å². The van der Waals surface area contributed by atoms with Crippen molar-refractivity contribution >= 4 is 11.9 Å². The lowest BCUT2D eigenvalue weighted by atomic mass is 10.2. The summed E-state index contributed by atoms with van der Waals surface area (Å²) in [5, 5.41) is 0. The normalized spacial score (nSPS) is 10.1. The molecule has 0 aromatic carbocycles. The lowest BCUT2D eigenvalue weighted by Gasteiger charge is -2.00. The van der Waals surface area contributed by atoms with Crippen molar-refractivity contribution in [1.29, 1.82) is 0 Å². The highest BCUT2D eigenvalue weighted by Gasteiger charge is 2.10. The van der Waals surface area contributed by atoms with E-state index in [0.29, 0.717) is 11.5 Å². The number of primary amides is 1. The number of nitrogens with zero attached hydrogens (tertiary/aromatic N) is 2. The summed E-state index contributed by atoms with van der Waals surface area (Å²) < 4.78 is 5.11. The standard InChI is InChI=1S/C9H8N4O2/c10-8(14)6-4-5(12-9(11)13-6)7-2-1-3-15-7/h1-4H,(H2,10,14)(H2,11,12,13). The molecule has 0 aliphatic heterocycles. The summed E-state index contributed by atoms with van der Waals surface area (Å²) in [7, 11) is 0. The number of hydrogen-bond donors (Lipinski definition) is 2. The first-order valence-corrected chi connectivity index (χ1v) is 4.15. The van der Waals surface area contributed by atoms with Gasteiger partial charge in [0.25, 0.3) is 5.91 Å². The minimum absolute atomic E-state index is 0.0160. The molecule has 15 heavy (non-hydrogen) atoms. The van der Waals surface area contributed by atoms with Crippen molar-refractivity contribution in [3.8, 4) is 11.5 Å². The third-order valence-electron chi connectivity index (χ3n) is 1.77. The monoisotopic (exact) mass is 204 g/mol. The maximum Gasteiger partial charge on any atom is 0.267 e. The largest absolute Gasteiger partial charge is 0.463 e. The minimum atomic E-state index is -0.656. The molecule has 1 amide bonds. The molecule has 2 rings (SSSR count). The number of nitrogen functional groups attached to an aromatic ring is 1. The van der Waals surface area contributed by atoms with Crippen molar-refractivity contribution in [2.75, 3.05) is 5.73 Å². The smallest absolute Gasteiger partial charge is 0.267 e. The van der Waals surface area contributed by atoms with E-state index in [9.17, 15) is 4.79 Å².